The Labute approximate surface area is 142 Å². The van der Waals surface area contributed by atoms with Crippen molar-refractivity contribution in [3.8, 4) is 0 Å². The van der Waals surface area contributed by atoms with Gasteiger partial charge in [-0.25, -0.2) is 9.37 Å². The van der Waals surface area contributed by atoms with Crippen LogP contribution >= 0.6 is 0 Å². The van der Waals surface area contributed by atoms with E-state index in [0.717, 1.165) is 26.1 Å². The van der Waals surface area contributed by atoms with Gasteiger partial charge in [-0.1, -0.05) is 24.3 Å². The summed E-state index contributed by atoms with van der Waals surface area (Å²) in [7, 11) is 3.54. The Kier molecular flexibility index (Phi) is 4.94. The van der Waals surface area contributed by atoms with Crippen LogP contribution in [0.1, 0.15) is 18.1 Å². The van der Waals surface area contributed by atoms with Gasteiger partial charge in [-0.05, 0) is 24.5 Å². The molecule has 1 unspecified atom stereocenters. The molecule has 5 nitrogen and oxygen atoms in total. The van der Waals surface area contributed by atoms with Crippen LogP contribution in [0.4, 0.5) is 16.2 Å². The van der Waals surface area contributed by atoms with Crippen molar-refractivity contribution in [1.29, 1.82) is 0 Å². The molecule has 1 N–H and O–H groups in total. The molecule has 2 heterocycles. The molecule has 3 rings (SSSR count). The predicted octanol–water partition coefficient (Wildman–Crippen LogP) is 2.54. The molecule has 0 fully saturated rings. The van der Waals surface area contributed by atoms with Crippen molar-refractivity contribution in [2.24, 2.45) is 0 Å². The summed E-state index contributed by atoms with van der Waals surface area (Å²) >= 11 is 0. The number of nitrogens with zero attached hydrogens (tertiary/aromatic N) is 4. The standard InChI is InChI=1S/C18H24FN5/c1-13(21-18-20-10-16(19)17(22-18)23(2)3)11-24-9-8-14-6-4-5-7-15(14)12-24/h4-7,10,13H,8-9,11-12H2,1-3H3,(H,20,21,22). The van der Waals surface area contributed by atoms with Crippen LogP contribution in [0.5, 0.6) is 0 Å². The van der Waals surface area contributed by atoms with E-state index in [2.05, 4.69) is 51.4 Å². The molecule has 0 saturated carbocycles. The molecular weight excluding hydrogens is 305 g/mol. The molecule has 0 bridgehead atoms. The normalized spacial score (nSPS) is 15.7. The Morgan fingerprint density at radius 3 is 2.79 bits per heavy atom. The summed E-state index contributed by atoms with van der Waals surface area (Å²) in [6.45, 7) is 5.01. The summed E-state index contributed by atoms with van der Waals surface area (Å²) in [6, 6.07) is 8.79. The number of anilines is 2. The van der Waals surface area contributed by atoms with Gasteiger partial charge in [0.15, 0.2) is 11.6 Å². The van der Waals surface area contributed by atoms with E-state index < -0.39 is 5.82 Å². The zero-order valence-electron chi connectivity index (χ0n) is 14.5. The first-order chi connectivity index (χ1) is 11.5. The quantitative estimate of drug-likeness (QED) is 0.913. The molecule has 0 aliphatic carbocycles. The first-order valence-electron chi connectivity index (χ1n) is 8.28. The van der Waals surface area contributed by atoms with E-state index in [1.165, 1.54) is 17.3 Å². The Morgan fingerprint density at radius 2 is 2.04 bits per heavy atom. The average molecular weight is 329 g/mol. The zero-order chi connectivity index (χ0) is 17.1. The van der Waals surface area contributed by atoms with Gasteiger partial charge in [-0.15, -0.1) is 0 Å². The lowest BCUT2D eigenvalue weighted by Crippen LogP contribution is -2.38. The Balaban J connectivity index is 1.60. The molecule has 6 heteroatoms. The van der Waals surface area contributed by atoms with Crippen molar-refractivity contribution in [3.63, 3.8) is 0 Å². The van der Waals surface area contributed by atoms with Crippen molar-refractivity contribution < 1.29 is 4.39 Å². The third-order valence-corrected chi connectivity index (χ3v) is 4.27. The predicted molar refractivity (Wildman–Crippen MR) is 94.8 cm³/mol. The Bertz CT molecular complexity index is 704. The van der Waals surface area contributed by atoms with Gasteiger partial charge in [0.25, 0.3) is 0 Å². The average Bonchev–Trinajstić information content (AvgIpc) is 2.56. The summed E-state index contributed by atoms with van der Waals surface area (Å²) in [5, 5.41) is 3.28. The number of benzene rings is 1. The fourth-order valence-corrected chi connectivity index (χ4v) is 3.10. The number of fused-ring (bicyclic) bond motifs is 1. The van der Waals surface area contributed by atoms with E-state index >= 15 is 0 Å². The second-order valence-electron chi connectivity index (χ2n) is 6.56. The van der Waals surface area contributed by atoms with E-state index in [9.17, 15) is 4.39 Å². The van der Waals surface area contributed by atoms with Gasteiger partial charge in [0.2, 0.25) is 5.95 Å². The van der Waals surface area contributed by atoms with E-state index in [1.54, 1.807) is 19.0 Å². The fraction of sp³-hybridized carbons (Fsp3) is 0.444. The molecule has 0 amide bonds. The third-order valence-electron chi connectivity index (χ3n) is 4.27. The van der Waals surface area contributed by atoms with E-state index in [4.69, 9.17) is 0 Å². The maximum Gasteiger partial charge on any atom is 0.225 e. The van der Waals surface area contributed by atoms with Crippen LogP contribution in [-0.4, -0.2) is 48.1 Å². The van der Waals surface area contributed by atoms with Crippen molar-refractivity contribution in [2.75, 3.05) is 37.4 Å². The van der Waals surface area contributed by atoms with Crippen molar-refractivity contribution in [1.82, 2.24) is 14.9 Å². The summed E-state index contributed by atoms with van der Waals surface area (Å²) in [6.07, 6.45) is 2.30. The number of nitrogens with one attached hydrogen (secondary N) is 1. The van der Waals surface area contributed by atoms with Crippen LogP contribution in [0.25, 0.3) is 0 Å². The minimum atomic E-state index is -0.411. The monoisotopic (exact) mass is 329 g/mol. The van der Waals surface area contributed by atoms with Gasteiger partial charge in [0, 0.05) is 39.8 Å². The third kappa shape index (κ3) is 3.82. The molecule has 0 radical (unpaired) electrons. The van der Waals surface area contributed by atoms with Gasteiger partial charge >= 0.3 is 0 Å². The van der Waals surface area contributed by atoms with Crippen LogP contribution < -0.4 is 10.2 Å². The minimum absolute atomic E-state index is 0.177. The number of rotatable bonds is 5. The van der Waals surface area contributed by atoms with Crippen LogP contribution in [0.3, 0.4) is 0 Å². The summed E-state index contributed by atoms with van der Waals surface area (Å²) in [5.74, 6) is 0.349. The summed E-state index contributed by atoms with van der Waals surface area (Å²) in [4.78, 5) is 12.4. The Morgan fingerprint density at radius 1 is 1.29 bits per heavy atom. The highest BCUT2D eigenvalue weighted by Crippen LogP contribution is 2.19. The maximum absolute atomic E-state index is 13.7. The highest BCUT2D eigenvalue weighted by Gasteiger charge is 2.18. The van der Waals surface area contributed by atoms with E-state index in [0.29, 0.717) is 11.8 Å². The first kappa shape index (κ1) is 16.6. The number of hydrogen-bond acceptors (Lipinski definition) is 5. The molecule has 24 heavy (non-hydrogen) atoms. The molecular formula is C18H24FN5. The highest BCUT2D eigenvalue weighted by molar-refractivity contribution is 5.42. The van der Waals surface area contributed by atoms with Crippen LogP contribution in [0, 0.1) is 5.82 Å². The molecule has 2 aromatic rings. The zero-order valence-corrected chi connectivity index (χ0v) is 14.5. The van der Waals surface area contributed by atoms with Gasteiger partial charge in [0.05, 0.1) is 6.20 Å². The van der Waals surface area contributed by atoms with E-state index in [-0.39, 0.29) is 6.04 Å². The van der Waals surface area contributed by atoms with Crippen molar-refractivity contribution >= 4 is 11.8 Å². The van der Waals surface area contributed by atoms with Crippen molar-refractivity contribution in [2.45, 2.75) is 25.9 Å². The lowest BCUT2D eigenvalue weighted by Gasteiger charge is -2.31. The largest absolute Gasteiger partial charge is 0.360 e. The van der Waals surface area contributed by atoms with Crippen LogP contribution in [0.15, 0.2) is 30.5 Å². The Hall–Kier alpha value is -2.21. The number of halogens is 1. The molecule has 128 valence electrons. The van der Waals surface area contributed by atoms with Crippen LogP contribution in [0.2, 0.25) is 0 Å². The van der Waals surface area contributed by atoms with Gasteiger partial charge < -0.3 is 10.2 Å². The lowest BCUT2D eigenvalue weighted by atomic mass is 10.00. The molecule has 1 aliphatic rings. The first-order valence-corrected chi connectivity index (χ1v) is 8.28. The summed E-state index contributed by atoms with van der Waals surface area (Å²) in [5.41, 5.74) is 2.86. The fourth-order valence-electron chi connectivity index (χ4n) is 3.10. The second-order valence-corrected chi connectivity index (χ2v) is 6.56. The second kappa shape index (κ2) is 7.13. The minimum Gasteiger partial charge on any atom is -0.360 e. The SMILES string of the molecule is CC(CN1CCc2ccccc2C1)Nc1ncc(F)c(N(C)C)n1. The number of hydrogen-bond donors (Lipinski definition) is 1. The molecule has 0 spiro atoms. The maximum atomic E-state index is 13.7. The van der Waals surface area contributed by atoms with Gasteiger partial charge in [-0.2, -0.15) is 4.98 Å². The highest BCUT2D eigenvalue weighted by atomic mass is 19.1. The molecule has 1 aromatic heterocycles. The van der Waals surface area contributed by atoms with Crippen LogP contribution in [-0.2, 0) is 13.0 Å². The van der Waals surface area contributed by atoms with Crippen molar-refractivity contribution in [3.05, 3.63) is 47.4 Å². The lowest BCUT2D eigenvalue weighted by molar-refractivity contribution is 0.247. The number of aromatic nitrogens is 2. The van der Waals surface area contributed by atoms with E-state index in [1.807, 2.05) is 0 Å². The van der Waals surface area contributed by atoms with Gasteiger partial charge in [-0.3, -0.25) is 4.90 Å². The molecule has 0 saturated heterocycles. The van der Waals surface area contributed by atoms with Gasteiger partial charge in [0.1, 0.15) is 0 Å². The molecule has 1 aliphatic heterocycles. The molecule has 1 atom stereocenters. The summed E-state index contributed by atoms with van der Waals surface area (Å²) < 4.78 is 13.7. The molecule has 1 aromatic carbocycles. The smallest absolute Gasteiger partial charge is 0.225 e. The topological polar surface area (TPSA) is 44.3 Å².